The van der Waals surface area contributed by atoms with E-state index in [2.05, 4.69) is 11.2 Å². The molecule has 0 saturated carbocycles. The molecular weight excluding hydrogens is 232 g/mol. The number of terminal acetylenes is 1. The molecule has 2 unspecified atom stereocenters. The van der Waals surface area contributed by atoms with E-state index in [1.807, 2.05) is 20.8 Å². The lowest BCUT2D eigenvalue weighted by Gasteiger charge is -2.29. The highest BCUT2D eigenvalue weighted by atomic mass is 16.4. The largest absolute Gasteiger partial charge is 0.480 e. The monoisotopic (exact) mass is 254 g/mol. The number of aliphatic carboxylic acids is 1. The fraction of sp³-hybridized carbons (Fsp3) is 0.692. The average molecular weight is 254 g/mol. The number of amides is 2. The number of carbonyl (C=O) groups excluding carboxylic acids is 1. The standard InChI is InChI=1S/C13H22N2O3/c1-5-8-11(7-3)14-13(18)15(9-12(16)17)10(4)6-2/h1,10-11H,6-9H2,2-4H3,(H,14,18)(H,16,17). The van der Waals surface area contributed by atoms with Crippen LogP contribution in [0.5, 0.6) is 0 Å². The van der Waals surface area contributed by atoms with E-state index in [0.29, 0.717) is 12.8 Å². The molecule has 102 valence electrons. The normalized spacial score (nSPS) is 13.2. The Bertz CT molecular complexity index is 323. The SMILES string of the molecule is C#CCC(CC)NC(=O)N(CC(=O)O)C(C)CC. The molecule has 2 amide bonds. The molecule has 5 heteroatoms. The van der Waals surface area contributed by atoms with Gasteiger partial charge in [0.2, 0.25) is 0 Å². The number of carbonyl (C=O) groups is 2. The fourth-order valence-electron chi connectivity index (χ4n) is 1.49. The minimum Gasteiger partial charge on any atom is -0.480 e. The van der Waals surface area contributed by atoms with Gasteiger partial charge in [-0.1, -0.05) is 13.8 Å². The van der Waals surface area contributed by atoms with Crippen LogP contribution in [-0.4, -0.2) is 40.6 Å². The van der Waals surface area contributed by atoms with Gasteiger partial charge in [-0.05, 0) is 19.8 Å². The fourth-order valence-corrected chi connectivity index (χ4v) is 1.49. The zero-order valence-electron chi connectivity index (χ0n) is 11.3. The van der Waals surface area contributed by atoms with Gasteiger partial charge in [-0.15, -0.1) is 12.3 Å². The van der Waals surface area contributed by atoms with E-state index in [0.717, 1.165) is 6.42 Å². The van der Waals surface area contributed by atoms with E-state index in [9.17, 15) is 9.59 Å². The Morgan fingerprint density at radius 2 is 2.00 bits per heavy atom. The highest BCUT2D eigenvalue weighted by Crippen LogP contribution is 2.05. The van der Waals surface area contributed by atoms with Gasteiger partial charge in [0.15, 0.2) is 0 Å². The van der Waals surface area contributed by atoms with Gasteiger partial charge in [-0.25, -0.2) is 4.79 Å². The van der Waals surface area contributed by atoms with Gasteiger partial charge < -0.3 is 15.3 Å². The van der Waals surface area contributed by atoms with Crippen molar-refractivity contribution in [2.24, 2.45) is 0 Å². The Hall–Kier alpha value is -1.70. The third-order valence-corrected chi connectivity index (χ3v) is 2.87. The maximum absolute atomic E-state index is 12.0. The van der Waals surface area contributed by atoms with Gasteiger partial charge in [0.05, 0.1) is 0 Å². The van der Waals surface area contributed by atoms with Crippen LogP contribution in [0, 0.1) is 12.3 Å². The van der Waals surface area contributed by atoms with Crippen molar-refractivity contribution < 1.29 is 14.7 Å². The van der Waals surface area contributed by atoms with Crippen LogP contribution in [-0.2, 0) is 4.79 Å². The third kappa shape index (κ3) is 5.58. The summed E-state index contributed by atoms with van der Waals surface area (Å²) in [6.07, 6.45) is 7.08. The molecule has 0 rings (SSSR count). The quantitative estimate of drug-likeness (QED) is 0.679. The van der Waals surface area contributed by atoms with Crippen LogP contribution in [0.4, 0.5) is 4.79 Å². The smallest absolute Gasteiger partial charge is 0.323 e. The van der Waals surface area contributed by atoms with Crippen LogP contribution < -0.4 is 5.32 Å². The molecule has 0 aliphatic heterocycles. The predicted octanol–water partition coefficient (Wildman–Crippen LogP) is 1.68. The molecule has 0 aliphatic rings. The minimum absolute atomic E-state index is 0.108. The summed E-state index contributed by atoms with van der Waals surface area (Å²) in [5.41, 5.74) is 0. The Kier molecular flexibility index (Phi) is 7.61. The second-order valence-corrected chi connectivity index (χ2v) is 4.24. The van der Waals surface area contributed by atoms with Crippen LogP contribution in [0.1, 0.15) is 40.0 Å². The molecule has 2 N–H and O–H groups in total. The molecule has 0 aliphatic carbocycles. The van der Waals surface area contributed by atoms with E-state index < -0.39 is 5.97 Å². The summed E-state index contributed by atoms with van der Waals surface area (Å²) in [4.78, 5) is 24.1. The zero-order valence-corrected chi connectivity index (χ0v) is 11.3. The molecule has 0 aromatic rings. The summed E-state index contributed by atoms with van der Waals surface area (Å²) < 4.78 is 0. The van der Waals surface area contributed by atoms with Crippen LogP contribution in [0.15, 0.2) is 0 Å². The average Bonchev–Trinajstić information content (AvgIpc) is 2.33. The lowest BCUT2D eigenvalue weighted by atomic mass is 10.1. The van der Waals surface area contributed by atoms with Gasteiger partial charge in [-0.3, -0.25) is 4.79 Å². The zero-order chi connectivity index (χ0) is 14.1. The molecule has 0 bridgehead atoms. The van der Waals surface area contributed by atoms with Gasteiger partial charge in [-0.2, -0.15) is 0 Å². The molecule has 0 heterocycles. The molecule has 0 aromatic carbocycles. The van der Waals surface area contributed by atoms with E-state index >= 15 is 0 Å². The second-order valence-electron chi connectivity index (χ2n) is 4.24. The maximum atomic E-state index is 12.0. The first-order valence-corrected chi connectivity index (χ1v) is 6.18. The minimum atomic E-state index is -1.02. The van der Waals surface area contributed by atoms with Crippen LogP contribution >= 0.6 is 0 Å². The number of hydrogen-bond acceptors (Lipinski definition) is 2. The summed E-state index contributed by atoms with van der Waals surface area (Å²) in [7, 11) is 0. The Morgan fingerprint density at radius 3 is 2.39 bits per heavy atom. The first kappa shape index (κ1) is 16.3. The molecule has 0 fully saturated rings. The lowest BCUT2D eigenvalue weighted by molar-refractivity contribution is -0.138. The van der Waals surface area contributed by atoms with Crippen LogP contribution in [0.25, 0.3) is 0 Å². The molecule has 0 radical (unpaired) electrons. The first-order valence-electron chi connectivity index (χ1n) is 6.18. The molecule has 18 heavy (non-hydrogen) atoms. The molecule has 5 nitrogen and oxygen atoms in total. The van der Waals surface area contributed by atoms with Gasteiger partial charge >= 0.3 is 12.0 Å². The number of hydrogen-bond donors (Lipinski definition) is 2. The van der Waals surface area contributed by atoms with Gasteiger partial charge in [0, 0.05) is 18.5 Å². The lowest BCUT2D eigenvalue weighted by Crippen LogP contribution is -2.50. The van der Waals surface area contributed by atoms with E-state index in [1.54, 1.807) is 0 Å². The number of urea groups is 1. The van der Waals surface area contributed by atoms with E-state index in [-0.39, 0.29) is 24.7 Å². The molecule has 2 atom stereocenters. The number of nitrogens with zero attached hydrogens (tertiary/aromatic N) is 1. The first-order chi connectivity index (χ1) is 8.46. The summed E-state index contributed by atoms with van der Waals surface area (Å²) in [5, 5.41) is 11.6. The molecule has 0 spiro atoms. The van der Waals surface area contributed by atoms with Crippen molar-refractivity contribution >= 4 is 12.0 Å². The summed E-state index contributed by atoms with van der Waals surface area (Å²) in [6, 6.07) is -0.596. The highest BCUT2D eigenvalue weighted by molar-refractivity contribution is 5.80. The number of carboxylic acid groups (broad SMARTS) is 1. The van der Waals surface area contributed by atoms with Crippen LogP contribution in [0.3, 0.4) is 0 Å². The number of carboxylic acids is 1. The third-order valence-electron chi connectivity index (χ3n) is 2.87. The number of rotatable bonds is 7. The van der Waals surface area contributed by atoms with Crippen molar-refractivity contribution in [1.82, 2.24) is 10.2 Å². The van der Waals surface area contributed by atoms with Gasteiger partial charge in [0.25, 0.3) is 0 Å². The van der Waals surface area contributed by atoms with Crippen molar-refractivity contribution in [3.8, 4) is 12.3 Å². The number of nitrogens with one attached hydrogen (secondary N) is 1. The van der Waals surface area contributed by atoms with Gasteiger partial charge in [0.1, 0.15) is 6.54 Å². The topological polar surface area (TPSA) is 69.6 Å². The van der Waals surface area contributed by atoms with E-state index in [1.165, 1.54) is 4.90 Å². The summed E-state index contributed by atoms with van der Waals surface area (Å²) in [5.74, 6) is 1.48. The molecule has 0 aromatic heterocycles. The van der Waals surface area contributed by atoms with E-state index in [4.69, 9.17) is 11.5 Å². The predicted molar refractivity (Wildman–Crippen MR) is 70.2 cm³/mol. The van der Waals surface area contributed by atoms with Crippen molar-refractivity contribution in [1.29, 1.82) is 0 Å². The second kappa shape index (κ2) is 8.40. The maximum Gasteiger partial charge on any atom is 0.323 e. The Morgan fingerprint density at radius 1 is 1.39 bits per heavy atom. The molecular formula is C13H22N2O3. The van der Waals surface area contributed by atoms with Crippen molar-refractivity contribution in [2.75, 3.05) is 6.54 Å². The van der Waals surface area contributed by atoms with Crippen molar-refractivity contribution in [2.45, 2.75) is 52.1 Å². The Balaban J connectivity index is 4.64. The van der Waals surface area contributed by atoms with Crippen molar-refractivity contribution in [3.63, 3.8) is 0 Å². The highest BCUT2D eigenvalue weighted by Gasteiger charge is 2.22. The summed E-state index contributed by atoms with van der Waals surface area (Å²) in [6.45, 7) is 5.36. The Labute approximate surface area is 109 Å². The van der Waals surface area contributed by atoms with Crippen molar-refractivity contribution in [3.05, 3.63) is 0 Å². The summed E-state index contributed by atoms with van der Waals surface area (Å²) >= 11 is 0. The molecule has 0 saturated heterocycles. The van der Waals surface area contributed by atoms with Crippen LogP contribution in [0.2, 0.25) is 0 Å².